The maximum absolute atomic E-state index is 12.6. The number of nitrogens with one attached hydrogen (secondary N) is 2. The minimum Gasteiger partial charge on any atom is -0.455 e. The molecule has 0 aliphatic heterocycles. The predicted molar refractivity (Wildman–Crippen MR) is 103 cm³/mol. The van der Waals surface area contributed by atoms with Gasteiger partial charge in [-0.05, 0) is 38.8 Å². The second kappa shape index (κ2) is 8.79. The van der Waals surface area contributed by atoms with Gasteiger partial charge in [0.15, 0.2) is 5.76 Å². The van der Waals surface area contributed by atoms with Gasteiger partial charge in [-0.3, -0.25) is 14.6 Å². The second-order valence-electron chi connectivity index (χ2n) is 6.77. The topological polar surface area (TPSA) is 106 Å². The summed E-state index contributed by atoms with van der Waals surface area (Å²) in [6.07, 6.45) is 5.37. The first-order valence-electron chi connectivity index (χ1n) is 9.20. The average molecular weight is 384 g/mol. The largest absolute Gasteiger partial charge is 0.455 e. The summed E-state index contributed by atoms with van der Waals surface area (Å²) in [6, 6.07) is 3.11. The molecule has 0 aromatic carbocycles. The molecule has 2 aromatic heterocycles. The Morgan fingerprint density at radius 3 is 2.75 bits per heavy atom. The highest BCUT2D eigenvalue weighted by Gasteiger charge is 2.28. The van der Waals surface area contributed by atoms with Gasteiger partial charge < -0.3 is 14.5 Å². The van der Waals surface area contributed by atoms with Crippen LogP contribution in [0.4, 0.5) is 0 Å². The molecule has 0 saturated carbocycles. The van der Waals surface area contributed by atoms with Gasteiger partial charge in [0.05, 0.1) is 12.3 Å². The number of hydrazone groups is 1. The molecule has 8 heteroatoms. The Labute approximate surface area is 163 Å². The number of nitrogens with zero attached hydrogens (tertiary/aromatic N) is 2. The Hall–Kier alpha value is -3.00. The van der Waals surface area contributed by atoms with Crippen LogP contribution in [0.3, 0.4) is 0 Å². The van der Waals surface area contributed by atoms with Crippen molar-refractivity contribution >= 4 is 17.5 Å². The van der Waals surface area contributed by atoms with Crippen LogP contribution in [0.5, 0.6) is 0 Å². The first-order chi connectivity index (χ1) is 13.5. The smallest absolute Gasteiger partial charge is 0.287 e. The summed E-state index contributed by atoms with van der Waals surface area (Å²) in [5, 5.41) is 7.17. The highest BCUT2D eigenvalue weighted by atomic mass is 16.5. The fraction of sp³-hybridized carbons (Fsp3) is 0.400. The van der Waals surface area contributed by atoms with Crippen LogP contribution in [-0.2, 0) is 11.2 Å². The number of carbonyl (C=O) groups excluding carboxylic acids is 2. The van der Waals surface area contributed by atoms with Gasteiger partial charge in [0.2, 0.25) is 0 Å². The highest BCUT2D eigenvalue weighted by molar-refractivity contribution is 6.07. The van der Waals surface area contributed by atoms with Gasteiger partial charge in [-0.2, -0.15) is 5.10 Å². The van der Waals surface area contributed by atoms with Gasteiger partial charge in [-0.25, -0.2) is 5.43 Å². The molecule has 2 heterocycles. The third kappa shape index (κ3) is 4.28. The number of aryl methyl sites for hydroxylation is 1. The molecule has 2 N–H and O–H groups in total. The van der Waals surface area contributed by atoms with Crippen LogP contribution in [0.1, 0.15) is 57.6 Å². The molecule has 0 bridgehead atoms. The summed E-state index contributed by atoms with van der Waals surface area (Å²) < 4.78 is 10.9. The van der Waals surface area contributed by atoms with Crippen molar-refractivity contribution in [1.29, 1.82) is 0 Å². The zero-order valence-corrected chi connectivity index (χ0v) is 16.2. The van der Waals surface area contributed by atoms with Gasteiger partial charge >= 0.3 is 0 Å². The van der Waals surface area contributed by atoms with Crippen LogP contribution in [0.15, 0.2) is 34.0 Å². The lowest BCUT2D eigenvalue weighted by molar-refractivity contribution is 0.0874. The van der Waals surface area contributed by atoms with E-state index < -0.39 is 0 Å². The van der Waals surface area contributed by atoms with E-state index in [1.54, 1.807) is 31.6 Å². The zero-order chi connectivity index (χ0) is 20.1. The van der Waals surface area contributed by atoms with Gasteiger partial charge in [0, 0.05) is 48.7 Å². The fourth-order valence-corrected chi connectivity index (χ4v) is 3.26. The molecule has 148 valence electrons. The number of rotatable bonds is 6. The minimum absolute atomic E-state index is 0.133. The molecule has 28 heavy (non-hydrogen) atoms. The normalized spacial score (nSPS) is 15.8. The molecular weight excluding hydrogens is 360 g/mol. The lowest BCUT2D eigenvalue weighted by Crippen LogP contribution is -2.35. The van der Waals surface area contributed by atoms with Crippen molar-refractivity contribution < 1.29 is 18.7 Å². The van der Waals surface area contributed by atoms with Crippen LogP contribution >= 0.6 is 0 Å². The summed E-state index contributed by atoms with van der Waals surface area (Å²) in [5.41, 5.74) is 5.32. The molecular formula is C20H24N4O4. The SMILES string of the molecule is COCC(C)NC(=O)c1oc2c(c1C)/C(=N/NC(=O)c1ccncc1)CCC2. The van der Waals surface area contributed by atoms with Crippen LogP contribution in [-0.4, -0.2) is 42.3 Å². The van der Waals surface area contributed by atoms with Crippen molar-refractivity contribution in [2.24, 2.45) is 5.10 Å². The molecule has 1 aliphatic rings. The van der Waals surface area contributed by atoms with E-state index in [4.69, 9.17) is 9.15 Å². The molecule has 0 saturated heterocycles. The van der Waals surface area contributed by atoms with Gasteiger partial charge in [0.25, 0.3) is 11.8 Å². The van der Waals surface area contributed by atoms with E-state index in [1.165, 1.54) is 0 Å². The number of methoxy groups -OCH3 is 1. The highest BCUT2D eigenvalue weighted by Crippen LogP contribution is 2.29. The summed E-state index contributed by atoms with van der Waals surface area (Å²) in [5.74, 6) is 0.416. The molecule has 1 aliphatic carbocycles. The molecule has 1 atom stereocenters. The maximum atomic E-state index is 12.6. The van der Waals surface area contributed by atoms with E-state index in [2.05, 4.69) is 20.8 Å². The molecule has 2 amide bonds. The van der Waals surface area contributed by atoms with E-state index in [0.29, 0.717) is 24.3 Å². The molecule has 3 rings (SSSR count). The number of hydrogen-bond acceptors (Lipinski definition) is 6. The second-order valence-corrected chi connectivity index (χ2v) is 6.77. The Kier molecular flexibility index (Phi) is 6.20. The first-order valence-corrected chi connectivity index (χ1v) is 9.20. The number of fused-ring (bicyclic) bond motifs is 1. The van der Waals surface area contributed by atoms with E-state index in [0.717, 1.165) is 29.7 Å². The van der Waals surface area contributed by atoms with E-state index in [9.17, 15) is 9.59 Å². The monoisotopic (exact) mass is 384 g/mol. The Balaban J connectivity index is 1.80. The Bertz CT molecular complexity index is 889. The van der Waals surface area contributed by atoms with Crippen molar-refractivity contribution in [2.45, 2.75) is 39.2 Å². The number of furan rings is 1. The van der Waals surface area contributed by atoms with Crippen molar-refractivity contribution in [3.8, 4) is 0 Å². The molecule has 0 radical (unpaired) electrons. The average Bonchev–Trinajstić information content (AvgIpc) is 3.04. The number of amides is 2. The lowest BCUT2D eigenvalue weighted by Gasteiger charge is -2.13. The fourth-order valence-electron chi connectivity index (χ4n) is 3.26. The molecule has 0 spiro atoms. The maximum Gasteiger partial charge on any atom is 0.287 e. The molecule has 2 aromatic rings. The third-order valence-corrected chi connectivity index (χ3v) is 4.56. The van der Waals surface area contributed by atoms with Gasteiger partial charge in [-0.15, -0.1) is 0 Å². The summed E-state index contributed by atoms with van der Waals surface area (Å²) in [4.78, 5) is 28.7. The standard InChI is InChI=1S/C20H24N4O4/c1-12(11-27-3)22-20(26)18-13(2)17-15(5-4-6-16(17)28-18)23-24-19(25)14-7-9-21-10-8-14/h7-10,12H,4-6,11H2,1-3H3,(H,22,26)(H,24,25)/b23-15+. The molecule has 1 unspecified atom stereocenters. The lowest BCUT2D eigenvalue weighted by atomic mass is 9.93. The minimum atomic E-state index is -0.311. The summed E-state index contributed by atoms with van der Waals surface area (Å²) in [6.45, 7) is 4.11. The van der Waals surface area contributed by atoms with Crippen molar-refractivity contribution in [1.82, 2.24) is 15.7 Å². The van der Waals surface area contributed by atoms with Crippen molar-refractivity contribution in [2.75, 3.05) is 13.7 Å². The van der Waals surface area contributed by atoms with Gasteiger partial charge in [-0.1, -0.05) is 0 Å². The summed E-state index contributed by atoms with van der Waals surface area (Å²) in [7, 11) is 1.59. The number of carbonyl (C=O) groups is 2. The van der Waals surface area contributed by atoms with Crippen LogP contribution in [0.2, 0.25) is 0 Å². The van der Waals surface area contributed by atoms with Gasteiger partial charge in [0.1, 0.15) is 5.76 Å². The third-order valence-electron chi connectivity index (χ3n) is 4.56. The summed E-state index contributed by atoms with van der Waals surface area (Å²) >= 11 is 0. The van der Waals surface area contributed by atoms with E-state index >= 15 is 0 Å². The predicted octanol–water partition coefficient (Wildman–Crippen LogP) is 2.22. The van der Waals surface area contributed by atoms with Crippen LogP contribution < -0.4 is 10.7 Å². The number of aromatic nitrogens is 1. The van der Waals surface area contributed by atoms with E-state index in [1.807, 2.05) is 13.8 Å². The number of pyridine rings is 1. The molecule has 0 fully saturated rings. The van der Waals surface area contributed by atoms with Crippen LogP contribution in [0.25, 0.3) is 0 Å². The quantitative estimate of drug-likeness (QED) is 0.743. The van der Waals surface area contributed by atoms with E-state index in [-0.39, 0.29) is 23.6 Å². The van der Waals surface area contributed by atoms with Crippen molar-refractivity contribution in [3.05, 3.63) is 52.7 Å². The number of hydrogen-bond donors (Lipinski definition) is 2. The Morgan fingerprint density at radius 1 is 1.29 bits per heavy atom. The zero-order valence-electron chi connectivity index (χ0n) is 16.2. The van der Waals surface area contributed by atoms with Crippen molar-refractivity contribution in [3.63, 3.8) is 0 Å². The first kappa shape index (κ1) is 19.8. The number of ether oxygens (including phenoxy) is 1. The Morgan fingerprint density at radius 2 is 2.04 bits per heavy atom. The molecule has 8 nitrogen and oxygen atoms in total. The van der Waals surface area contributed by atoms with Crippen LogP contribution in [0, 0.1) is 6.92 Å².